The predicted octanol–water partition coefficient (Wildman–Crippen LogP) is 2.95. The summed E-state index contributed by atoms with van der Waals surface area (Å²) >= 11 is 6.10. The van der Waals surface area contributed by atoms with Crippen LogP contribution in [0, 0.1) is 0 Å². The third-order valence-corrected chi connectivity index (χ3v) is 3.69. The average Bonchev–Trinajstić information content (AvgIpc) is 2.67. The van der Waals surface area contributed by atoms with Crippen molar-refractivity contribution in [1.29, 1.82) is 0 Å². The maximum absolute atomic E-state index is 6.10. The molecule has 1 aromatic carbocycles. The zero-order valence-electron chi connectivity index (χ0n) is 10.2. The highest BCUT2D eigenvalue weighted by atomic mass is 35.5. The summed E-state index contributed by atoms with van der Waals surface area (Å²) in [6.07, 6.45) is 2.64. The molecule has 17 heavy (non-hydrogen) atoms. The Kier molecular flexibility index (Phi) is 6.28. The van der Waals surface area contributed by atoms with Crippen LogP contribution in [0.1, 0.15) is 18.4 Å². The number of likely N-dealkylation sites (tertiary alicyclic amines) is 1. The first-order valence-electron chi connectivity index (χ1n) is 5.92. The molecule has 1 aliphatic rings. The van der Waals surface area contributed by atoms with Crippen molar-refractivity contribution < 1.29 is 0 Å². The fraction of sp³-hybridized carbons (Fsp3) is 0.538. The number of likely N-dealkylation sites (N-methyl/N-ethyl adjacent to an activating group) is 1. The molecular formula is C13H20Cl2N2. The maximum Gasteiger partial charge on any atom is 0.0450 e. The number of benzene rings is 1. The molecular weight excluding hydrogens is 255 g/mol. The van der Waals surface area contributed by atoms with E-state index in [1.54, 1.807) is 0 Å². The Hall–Kier alpha value is -0.280. The van der Waals surface area contributed by atoms with Gasteiger partial charge in [0.2, 0.25) is 0 Å². The van der Waals surface area contributed by atoms with E-state index in [0.29, 0.717) is 6.04 Å². The highest BCUT2D eigenvalue weighted by molar-refractivity contribution is 6.31. The Bertz CT molecular complexity index is 344. The van der Waals surface area contributed by atoms with Gasteiger partial charge in [-0.05, 0) is 38.1 Å². The molecule has 1 heterocycles. The third-order valence-electron chi connectivity index (χ3n) is 3.32. The Balaban J connectivity index is 0.00000144. The molecule has 1 aliphatic heterocycles. The van der Waals surface area contributed by atoms with Crippen LogP contribution in [0.5, 0.6) is 0 Å². The number of hydrogen-bond donors (Lipinski definition) is 1. The summed E-state index contributed by atoms with van der Waals surface area (Å²) in [4.78, 5) is 2.43. The van der Waals surface area contributed by atoms with Crippen LogP contribution < -0.4 is 5.32 Å². The van der Waals surface area contributed by atoms with Crippen molar-refractivity contribution in [3.8, 4) is 0 Å². The van der Waals surface area contributed by atoms with Crippen molar-refractivity contribution in [1.82, 2.24) is 10.2 Å². The molecule has 0 aliphatic carbocycles. The van der Waals surface area contributed by atoms with E-state index in [9.17, 15) is 0 Å². The van der Waals surface area contributed by atoms with E-state index >= 15 is 0 Å². The van der Waals surface area contributed by atoms with Crippen LogP contribution in [0.3, 0.4) is 0 Å². The van der Waals surface area contributed by atoms with E-state index in [4.69, 9.17) is 11.6 Å². The Morgan fingerprint density at radius 3 is 2.82 bits per heavy atom. The van der Waals surface area contributed by atoms with Gasteiger partial charge in [0, 0.05) is 24.2 Å². The highest BCUT2D eigenvalue weighted by Gasteiger charge is 2.19. The van der Waals surface area contributed by atoms with Gasteiger partial charge in [0.15, 0.2) is 0 Å². The Morgan fingerprint density at radius 2 is 2.18 bits per heavy atom. The van der Waals surface area contributed by atoms with Gasteiger partial charge in [-0.3, -0.25) is 0 Å². The molecule has 1 atom stereocenters. The molecule has 1 saturated heterocycles. The van der Waals surface area contributed by atoms with Gasteiger partial charge in [0.25, 0.3) is 0 Å². The molecule has 1 aromatic rings. The van der Waals surface area contributed by atoms with E-state index in [1.807, 2.05) is 18.2 Å². The zero-order chi connectivity index (χ0) is 11.4. The van der Waals surface area contributed by atoms with E-state index in [-0.39, 0.29) is 12.4 Å². The quantitative estimate of drug-likeness (QED) is 0.909. The second-order valence-electron chi connectivity index (χ2n) is 4.50. The summed E-state index contributed by atoms with van der Waals surface area (Å²) in [5.74, 6) is 0. The zero-order valence-corrected chi connectivity index (χ0v) is 11.7. The lowest BCUT2D eigenvalue weighted by atomic mass is 10.2. The average molecular weight is 275 g/mol. The van der Waals surface area contributed by atoms with Crippen LogP contribution in [0.25, 0.3) is 0 Å². The van der Waals surface area contributed by atoms with Crippen LogP contribution >= 0.6 is 24.0 Å². The maximum atomic E-state index is 6.10. The molecule has 96 valence electrons. The topological polar surface area (TPSA) is 15.3 Å². The number of nitrogens with zero attached hydrogens (tertiary/aromatic N) is 1. The van der Waals surface area contributed by atoms with Gasteiger partial charge in [-0.15, -0.1) is 12.4 Å². The molecule has 0 bridgehead atoms. The Morgan fingerprint density at radius 1 is 1.41 bits per heavy atom. The Labute approximate surface area is 115 Å². The SMILES string of the molecule is CN1CCCC1CNCc1ccccc1Cl.Cl. The van der Waals surface area contributed by atoms with E-state index in [1.165, 1.54) is 24.9 Å². The first-order valence-corrected chi connectivity index (χ1v) is 6.29. The second kappa shape index (κ2) is 7.22. The molecule has 0 amide bonds. The van der Waals surface area contributed by atoms with Crippen molar-refractivity contribution in [2.24, 2.45) is 0 Å². The van der Waals surface area contributed by atoms with Gasteiger partial charge in [-0.2, -0.15) is 0 Å². The first kappa shape index (κ1) is 14.8. The molecule has 0 aromatic heterocycles. The highest BCUT2D eigenvalue weighted by Crippen LogP contribution is 2.16. The number of hydrogen-bond acceptors (Lipinski definition) is 2. The van der Waals surface area contributed by atoms with Crippen molar-refractivity contribution in [2.45, 2.75) is 25.4 Å². The van der Waals surface area contributed by atoms with Crippen molar-refractivity contribution >= 4 is 24.0 Å². The molecule has 0 saturated carbocycles. The fourth-order valence-corrected chi connectivity index (χ4v) is 2.45. The van der Waals surface area contributed by atoms with E-state index < -0.39 is 0 Å². The minimum absolute atomic E-state index is 0. The van der Waals surface area contributed by atoms with Crippen LogP contribution in [0.15, 0.2) is 24.3 Å². The first-order chi connectivity index (χ1) is 7.77. The van der Waals surface area contributed by atoms with Gasteiger partial charge < -0.3 is 10.2 Å². The lowest BCUT2D eigenvalue weighted by molar-refractivity contribution is 0.300. The van der Waals surface area contributed by atoms with Crippen LogP contribution in [0.4, 0.5) is 0 Å². The molecule has 1 unspecified atom stereocenters. The number of rotatable bonds is 4. The van der Waals surface area contributed by atoms with Crippen molar-refractivity contribution in [3.63, 3.8) is 0 Å². The van der Waals surface area contributed by atoms with Gasteiger partial charge in [0.1, 0.15) is 0 Å². The van der Waals surface area contributed by atoms with Gasteiger partial charge >= 0.3 is 0 Å². The molecule has 1 N–H and O–H groups in total. The molecule has 0 radical (unpaired) electrons. The molecule has 0 spiro atoms. The standard InChI is InChI=1S/C13H19ClN2.ClH/c1-16-8-4-6-12(16)10-15-9-11-5-2-3-7-13(11)14;/h2-3,5,7,12,15H,4,6,8-10H2,1H3;1H. The number of halogens is 2. The van der Waals surface area contributed by atoms with Gasteiger partial charge in [0.05, 0.1) is 0 Å². The molecule has 1 fully saturated rings. The molecule has 4 heteroatoms. The normalized spacial score (nSPS) is 20.2. The van der Waals surface area contributed by atoms with E-state index in [2.05, 4.69) is 23.3 Å². The predicted molar refractivity (Wildman–Crippen MR) is 76.1 cm³/mol. The van der Waals surface area contributed by atoms with Gasteiger partial charge in [-0.1, -0.05) is 29.8 Å². The van der Waals surface area contributed by atoms with Gasteiger partial charge in [-0.25, -0.2) is 0 Å². The minimum Gasteiger partial charge on any atom is -0.311 e. The fourth-order valence-electron chi connectivity index (χ4n) is 2.25. The monoisotopic (exact) mass is 274 g/mol. The summed E-state index contributed by atoms with van der Waals surface area (Å²) in [5, 5.41) is 4.35. The smallest absolute Gasteiger partial charge is 0.0450 e. The van der Waals surface area contributed by atoms with Crippen molar-refractivity contribution in [2.75, 3.05) is 20.1 Å². The second-order valence-corrected chi connectivity index (χ2v) is 4.91. The summed E-state index contributed by atoms with van der Waals surface area (Å²) in [6, 6.07) is 8.72. The van der Waals surface area contributed by atoms with Crippen molar-refractivity contribution in [3.05, 3.63) is 34.9 Å². The van der Waals surface area contributed by atoms with Crippen LogP contribution in [0.2, 0.25) is 5.02 Å². The summed E-state index contributed by atoms with van der Waals surface area (Å²) < 4.78 is 0. The van der Waals surface area contributed by atoms with E-state index in [0.717, 1.165) is 18.1 Å². The molecule has 2 rings (SSSR count). The lowest BCUT2D eigenvalue weighted by Crippen LogP contribution is -2.35. The van der Waals surface area contributed by atoms with Crippen LogP contribution in [-0.4, -0.2) is 31.1 Å². The number of nitrogens with one attached hydrogen (secondary N) is 1. The minimum atomic E-state index is 0. The third kappa shape index (κ3) is 4.14. The van der Waals surface area contributed by atoms with Crippen LogP contribution in [-0.2, 0) is 6.54 Å². The summed E-state index contributed by atoms with van der Waals surface area (Å²) in [5.41, 5.74) is 1.19. The summed E-state index contributed by atoms with van der Waals surface area (Å²) in [6.45, 7) is 3.16. The lowest BCUT2D eigenvalue weighted by Gasteiger charge is -2.19. The molecule has 2 nitrogen and oxygen atoms in total. The summed E-state index contributed by atoms with van der Waals surface area (Å²) in [7, 11) is 2.20. The largest absolute Gasteiger partial charge is 0.311 e.